The van der Waals surface area contributed by atoms with Crippen molar-refractivity contribution in [3.63, 3.8) is 0 Å². The number of nitrogens with one attached hydrogen (secondary N) is 1. The van der Waals surface area contributed by atoms with Gasteiger partial charge in [0.05, 0.1) is 12.2 Å². The average Bonchev–Trinajstić information content (AvgIpc) is 2.27. The molecule has 4 nitrogen and oxygen atoms in total. The smallest absolute Gasteiger partial charge is 0.115 e. The molecule has 0 radical (unpaired) electrons. The summed E-state index contributed by atoms with van der Waals surface area (Å²) in [6, 6.07) is 5.93. The molecule has 0 aliphatic carbocycles. The quantitative estimate of drug-likeness (QED) is 0.850. The van der Waals surface area contributed by atoms with Crippen LogP contribution < -0.4 is 5.32 Å². The zero-order valence-electron chi connectivity index (χ0n) is 9.44. The lowest BCUT2D eigenvalue weighted by Crippen LogP contribution is -2.02. The van der Waals surface area contributed by atoms with Crippen molar-refractivity contribution in [3.05, 3.63) is 47.8 Å². The fourth-order valence-electron chi connectivity index (χ4n) is 1.45. The predicted molar refractivity (Wildman–Crippen MR) is 63.1 cm³/mol. The van der Waals surface area contributed by atoms with Gasteiger partial charge < -0.3 is 5.32 Å². The van der Waals surface area contributed by atoms with Crippen LogP contribution in [0.15, 0.2) is 30.7 Å². The van der Waals surface area contributed by atoms with Gasteiger partial charge in [0.2, 0.25) is 0 Å². The molecule has 0 saturated carbocycles. The number of hydrogen-bond acceptors (Lipinski definition) is 4. The fourth-order valence-corrected chi connectivity index (χ4v) is 1.45. The van der Waals surface area contributed by atoms with E-state index in [4.69, 9.17) is 0 Å². The lowest BCUT2D eigenvalue weighted by Gasteiger charge is -2.06. The highest BCUT2D eigenvalue weighted by Gasteiger charge is 1.96. The van der Waals surface area contributed by atoms with Crippen LogP contribution in [-0.4, -0.2) is 15.0 Å². The van der Waals surface area contributed by atoms with Gasteiger partial charge in [-0.25, -0.2) is 9.97 Å². The Hall–Kier alpha value is -1.97. The van der Waals surface area contributed by atoms with Gasteiger partial charge in [-0.1, -0.05) is 0 Å². The second-order valence-corrected chi connectivity index (χ2v) is 3.69. The van der Waals surface area contributed by atoms with Gasteiger partial charge >= 0.3 is 0 Å². The number of rotatable bonds is 3. The van der Waals surface area contributed by atoms with Crippen molar-refractivity contribution in [2.45, 2.75) is 20.4 Å². The summed E-state index contributed by atoms with van der Waals surface area (Å²) in [7, 11) is 0. The van der Waals surface area contributed by atoms with Crippen molar-refractivity contribution in [1.29, 1.82) is 0 Å². The summed E-state index contributed by atoms with van der Waals surface area (Å²) < 4.78 is 0. The molecular weight excluding hydrogens is 200 g/mol. The van der Waals surface area contributed by atoms with Gasteiger partial charge in [-0.2, -0.15) is 0 Å². The van der Waals surface area contributed by atoms with Crippen LogP contribution in [0, 0.1) is 13.8 Å². The molecule has 0 aromatic carbocycles. The molecule has 2 rings (SSSR count). The molecule has 2 aromatic rings. The largest absolute Gasteiger partial charge is 0.379 e. The van der Waals surface area contributed by atoms with E-state index in [0.717, 1.165) is 22.8 Å². The minimum atomic E-state index is 0.701. The maximum atomic E-state index is 4.19. The topological polar surface area (TPSA) is 50.7 Å². The number of hydrogen-bond donors (Lipinski definition) is 1. The van der Waals surface area contributed by atoms with Crippen LogP contribution in [0.3, 0.4) is 0 Å². The number of aryl methyl sites for hydroxylation is 2. The van der Waals surface area contributed by atoms with Gasteiger partial charge in [-0.3, -0.25) is 4.98 Å². The van der Waals surface area contributed by atoms with Crippen LogP contribution >= 0.6 is 0 Å². The first kappa shape index (κ1) is 10.5. The standard InChI is InChI=1S/C12H14N4/c1-9-5-11(3-4-13-9)14-7-12-6-10(2)15-8-16-12/h3-6,8H,7H2,1-2H3,(H,13,14). The van der Waals surface area contributed by atoms with E-state index >= 15 is 0 Å². The third-order valence-corrected chi connectivity index (χ3v) is 2.23. The second kappa shape index (κ2) is 4.70. The van der Waals surface area contributed by atoms with Crippen LogP contribution in [0.2, 0.25) is 0 Å². The first-order chi connectivity index (χ1) is 7.74. The average molecular weight is 214 g/mol. The summed E-state index contributed by atoms with van der Waals surface area (Å²) in [5.74, 6) is 0. The lowest BCUT2D eigenvalue weighted by molar-refractivity contribution is 0.981. The zero-order chi connectivity index (χ0) is 11.4. The van der Waals surface area contributed by atoms with Crippen molar-refractivity contribution in [3.8, 4) is 0 Å². The highest BCUT2D eigenvalue weighted by Crippen LogP contribution is 2.08. The van der Waals surface area contributed by atoms with E-state index in [1.807, 2.05) is 32.0 Å². The van der Waals surface area contributed by atoms with Crippen molar-refractivity contribution < 1.29 is 0 Å². The summed E-state index contributed by atoms with van der Waals surface area (Å²) in [5.41, 5.74) is 4.03. The maximum Gasteiger partial charge on any atom is 0.115 e. The molecule has 2 heterocycles. The van der Waals surface area contributed by atoms with E-state index in [1.54, 1.807) is 12.5 Å². The van der Waals surface area contributed by atoms with Gasteiger partial charge in [0.15, 0.2) is 0 Å². The highest BCUT2D eigenvalue weighted by atomic mass is 14.9. The van der Waals surface area contributed by atoms with E-state index in [2.05, 4.69) is 20.3 Å². The van der Waals surface area contributed by atoms with Crippen LogP contribution in [0.5, 0.6) is 0 Å². The van der Waals surface area contributed by atoms with Gasteiger partial charge in [0.1, 0.15) is 6.33 Å². The Labute approximate surface area is 94.8 Å². The molecule has 0 amide bonds. The molecule has 0 saturated heterocycles. The molecule has 0 aliphatic rings. The zero-order valence-corrected chi connectivity index (χ0v) is 9.44. The molecule has 4 heteroatoms. The van der Waals surface area contributed by atoms with E-state index in [1.165, 1.54) is 0 Å². The predicted octanol–water partition coefficient (Wildman–Crippen LogP) is 2.10. The van der Waals surface area contributed by atoms with E-state index in [0.29, 0.717) is 6.54 Å². The Balaban J connectivity index is 2.02. The van der Waals surface area contributed by atoms with Crippen LogP contribution in [0.25, 0.3) is 0 Å². The summed E-state index contributed by atoms with van der Waals surface area (Å²) >= 11 is 0. The fraction of sp³-hybridized carbons (Fsp3) is 0.250. The lowest BCUT2D eigenvalue weighted by atomic mass is 10.3. The van der Waals surface area contributed by atoms with Crippen LogP contribution in [-0.2, 0) is 6.54 Å². The minimum absolute atomic E-state index is 0.701. The maximum absolute atomic E-state index is 4.19. The monoisotopic (exact) mass is 214 g/mol. The van der Waals surface area contributed by atoms with Gasteiger partial charge in [0, 0.05) is 23.3 Å². The molecule has 0 atom stereocenters. The van der Waals surface area contributed by atoms with E-state index in [-0.39, 0.29) is 0 Å². The highest BCUT2D eigenvalue weighted by molar-refractivity contribution is 5.43. The molecule has 2 aromatic heterocycles. The third-order valence-electron chi connectivity index (χ3n) is 2.23. The van der Waals surface area contributed by atoms with Crippen molar-refractivity contribution >= 4 is 5.69 Å². The molecule has 0 unspecified atom stereocenters. The van der Waals surface area contributed by atoms with Crippen molar-refractivity contribution in [2.24, 2.45) is 0 Å². The number of anilines is 1. The van der Waals surface area contributed by atoms with Crippen molar-refractivity contribution in [1.82, 2.24) is 15.0 Å². The van der Waals surface area contributed by atoms with E-state index in [9.17, 15) is 0 Å². The molecule has 0 spiro atoms. The molecule has 82 valence electrons. The summed E-state index contributed by atoms with van der Waals surface area (Å²) in [6.07, 6.45) is 3.38. The third kappa shape index (κ3) is 2.76. The van der Waals surface area contributed by atoms with Crippen LogP contribution in [0.4, 0.5) is 5.69 Å². The van der Waals surface area contributed by atoms with Gasteiger partial charge in [-0.15, -0.1) is 0 Å². The summed E-state index contributed by atoms with van der Waals surface area (Å²) in [4.78, 5) is 12.4. The molecule has 0 bridgehead atoms. The number of aromatic nitrogens is 3. The molecule has 1 N–H and O–H groups in total. The Morgan fingerprint density at radius 1 is 1.06 bits per heavy atom. The molecule has 16 heavy (non-hydrogen) atoms. The summed E-state index contributed by atoms with van der Waals surface area (Å²) in [5, 5.41) is 3.30. The Bertz CT molecular complexity index is 436. The second-order valence-electron chi connectivity index (χ2n) is 3.69. The SMILES string of the molecule is Cc1cc(NCc2cc(C)ncn2)ccn1. The molecule has 0 aliphatic heterocycles. The Kier molecular flexibility index (Phi) is 3.10. The van der Waals surface area contributed by atoms with Gasteiger partial charge in [-0.05, 0) is 32.0 Å². The number of pyridine rings is 1. The van der Waals surface area contributed by atoms with Crippen molar-refractivity contribution in [2.75, 3.05) is 5.32 Å². The normalized spacial score (nSPS) is 10.1. The minimum Gasteiger partial charge on any atom is -0.379 e. The first-order valence-electron chi connectivity index (χ1n) is 5.18. The Morgan fingerprint density at radius 2 is 1.88 bits per heavy atom. The first-order valence-corrected chi connectivity index (χ1v) is 5.18. The summed E-state index contributed by atoms with van der Waals surface area (Å²) in [6.45, 7) is 4.63. The molecular formula is C12H14N4. The van der Waals surface area contributed by atoms with Crippen LogP contribution in [0.1, 0.15) is 17.1 Å². The Morgan fingerprint density at radius 3 is 2.62 bits per heavy atom. The van der Waals surface area contributed by atoms with Gasteiger partial charge in [0.25, 0.3) is 0 Å². The molecule has 0 fully saturated rings. The van der Waals surface area contributed by atoms with E-state index < -0.39 is 0 Å². The number of nitrogens with zero attached hydrogens (tertiary/aromatic N) is 3.